The van der Waals surface area contributed by atoms with Crippen molar-refractivity contribution in [3.05, 3.63) is 0 Å². The van der Waals surface area contributed by atoms with Crippen LogP contribution in [0, 0.1) is 5.92 Å². The fraction of sp³-hybridized carbons (Fsp3) is 1.00. The van der Waals surface area contributed by atoms with Crippen molar-refractivity contribution in [2.24, 2.45) is 5.92 Å². The first-order valence-electron chi connectivity index (χ1n) is 3.58. The maximum absolute atomic E-state index is 12.4. The molecule has 0 aromatic rings. The van der Waals surface area contributed by atoms with E-state index in [2.05, 4.69) is 0 Å². The van der Waals surface area contributed by atoms with Gasteiger partial charge < -0.3 is 0 Å². The molecule has 2 unspecified atom stereocenters. The molecule has 0 amide bonds. The SMILES string of the molecule is FC(F)C(F)C(F)C(C(F)(F)F)C(F)(F)F. The molecule has 0 aliphatic carbocycles. The van der Waals surface area contributed by atoms with Crippen LogP contribution >= 0.6 is 0 Å². The molecule has 0 rings (SSSR count). The van der Waals surface area contributed by atoms with E-state index in [1.807, 2.05) is 0 Å². The van der Waals surface area contributed by atoms with Crippen LogP contribution in [0.1, 0.15) is 0 Å². The predicted octanol–water partition coefficient (Wildman–Crippen LogP) is 3.67. The average Bonchev–Trinajstić information content (AvgIpc) is 1.96. The summed E-state index contributed by atoms with van der Waals surface area (Å²) >= 11 is 0. The molecule has 0 spiro atoms. The van der Waals surface area contributed by atoms with Gasteiger partial charge in [-0.1, -0.05) is 0 Å². The summed E-state index contributed by atoms with van der Waals surface area (Å²) in [5.41, 5.74) is 0. The van der Waals surface area contributed by atoms with Crippen LogP contribution in [0.5, 0.6) is 0 Å². The Morgan fingerprint density at radius 3 is 1.06 bits per heavy atom. The minimum Gasteiger partial charge on any atom is -0.243 e. The standard InChI is InChI=1S/C6H4F10/c7-1(2(8)4(9)10)3(5(11,12)13)6(14,15)16/h1-4H. The van der Waals surface area contributed by atoms with Crippen molar-refractivity contribution in [1.82, 2.24) is 0 Å². The number of hydrogen-bond acceptors (Lipinski definition) is 0. The Hall–Kier alpha value is -0.700. The van der Waals surface area contributed by atoms with Crippen molar-refractivity contribution in [2.75, 3.05) is 0 Å². The third-order valence-corrected chi connectivity index (χ3v) is 1.57. The van der Waals surface area contributed by atoms with E-state index in [-0.39, 0.29) is 0 Å². The summed E-state index contributed by atoms with van der Waals surface area (Å²) in [5.74, 6) is -4.76. The maximum Gasteiger partial charge on any atom is 0.403 e. The second-order valence-electron chi connectivity index (χ2n) is 2.78. The molecule has 0 aromatic heterocycles. The maximum atomic E-state index is 12.4. The molecule has 0 heterocycles. The van der Waals surface area contributed by atoms with Gasteiger partial charge in [0.25, 0.3) is 6.43 Å². The second-order valence-corrected chi connectivity index (χ2v) is 2.78. The normalized spacial score (nSPS) is 18.0. The molecule has 0 saturated heterocycles. The van der Waals surface area contributed by atoms with Crippen LogP contribution in [0.15, 0.2) is 0 Å². The van der Waals surface area contributed by atoms with E-state index in [1.165, 1.54) is 0 Å². The molecule has 0 radical (unpaired) electrons. The second kappa shape index (κ2) is 4.66. The summed E-state index contributed by atoms with van der Waals surface area (Å²) in [4.78, 5) is 0. The monoisotopic (exact) mass is 266 g/mol. The average molecular weight is 266 g/mol. The van der Waals surface area contributed by atoms with Gasteiger partial charge in [0.15, 0.2) is 18.3 Å². The fourth-order valence-corrected chi connectivity index (χ4v) is 0.869. The van der Waals surface area contributed by atoms with E-state index < -0.39 is 37.0 Å². The highest BCUT2D eigenvalue weighted by molar-refractivity contribution is 4.87. The Labute approximate surface area is 82.2 Å². The van der Waals surface area contributed by atoms with E-state index in [1.54, 1.807) is 0 Å². The van der Waals surface area contributed by atoms with E-state index >= 15 is 0 Å². The zero-order valence-corrected chi connectivity index (χ0v) is 7.09. The molecule has 0 N–H and O–H groups in total. The van der Waals surface area contributed by atoms with Gasteiger partial charge in [-0.3, -0.25) is 0 Å². The molecule has 0 nitrogen and oxygen atoms in total. The third-order valence-electron chi connectivity index (χ3n) is 1.57. The Bertz CT molecular complexity index is 200. The molecule has 0 aliphatic heterocycles. The summed E-state index contributed by atoms with van der Waals surface area (Å²) in [5, 5.41) is 0. The molecule has 0 saturated carbocycles. The Balaban J connectivity index is 5.08. The van der Waals surface area contributed by atoms with Gasteiger partial charge >= 0.3 is 12.4 Å². The van der Waals surface area contributed by atoms with Gasteiger partial charge in [0, 0.05) is 0 Å². The molecule has 0 aliphatic rings. The quantitative estimate of drug-likeness (QED) is 0.684. The lowest BCUT2D eigenvalue weighted by molar-refractivity contribution is -0.306. The third kappa shape index (κ3) is 3.71. The first-order valence-corrected chi connectivity index (χ1v) is 3.58. The van der Waals surface area contributed by atoms with Gasteiger partial charge in [-0.05, 0) is 0 Å². The van der Waals surface area contributed by atoms with Crippen LogP contribution in [0.25, 0.3) is 0 Å². The molecule has 0 aromatic carbocycles. The van der Waals surface area contributed by atoms with Crippen LogP contribution < -0.4 is 0 Å². The minimum atomic E-state index is -6.18. The van der Waals surface area contributed by atoms with E-state index in [0.29, 0.717) is 0 Å². The van der Waals surface area contributed by atoms with Crippen molar-refractivity contribution >= 4 is 0 Å². The summed E-state index contributed by atoms with van der Waals surface area (Å²) in [6.07, 6.45) is -25.2. The lowest BCUT2D eigenvalue weighted by Crippen LogP contribution is -2.48. The highest BCUT2D eigenvalue weighted by atomic mass is 19.4. The Morgan fingerprint density at radius 2 is 0.875 bits per heavy atom. The first kappa shape index (κ1) is 15.3. The zero-order chi connectivity index (χ0) is 13.3. The topological polar surface area (TPSA) is 0 Å². The molecule has 2 atom stereocenters. The van der Waals surface area contributed by atoms with Gasteiger partial charge in [0.2, 0.25) is 0 Å². The van der Waals surface area contributed by atoms with E-state index in [9.17, 15) is 43.9 Å². The lowest BCUT2D eigenvalue weighted by atomic mass is 9.99. The number of alkyl halides is 10. The van der Waals surface area contributed by atoms with Crippen molar-refractivity contribution in [3.8, 4) is 0 Å². The van der Waals surface area contributed by atoms with Crippen LogP contribution in [0.4, 0.5) is 43.9 Å². The number of halogens is 10. The van der Waals surface area contributed by atoms with Crippen LogP contribution in [-0.4, -0.2) is 31.1 Å². The molecule has 10 heteroatoms. The minimum absolute atomic E-state index is 4.15. The van der Waals surface area contributed by atoms with Gasteiger partial charge in [0.1, 0.15) is 0 Å². The van der Waals surface area contributed by atoms with Gasteiger partial charge in [0.05, 0.1) is 0 Å². The van der Waals surface area contributed by atoms with Crippen molar-refractivity contribution in [2.45, 2.75) is 31.1 Å². The smallest absolute Gasteiger partial charge is 0.243 e. The van der Waals surface area contributed by atoms with Crippen molar-refractivity contribution in [3.63, 3.8) is 0 Å². The molecule has 98 valence electrons. The lowest BCUT2D eigenvalue weighted by Gasteiger charge is -2.27. The van der Waals surface area contributed by atoms with Crippen molar-refractivity contribution < 1.29 is 43.9 Å². The molecule has 16 heavy (non-hydrogen) atoms. The van der Waals surface area contributed by atoms with Crippen LogP contribution in [-0.2, 0) is 0 Å². The highest BCUT2D eigenvalue weighted by Crippen LogP contribution is 2.44. The Morgan fingerprint density at radius 1 is 0.562 bits per heavy atom. The van der Waals surface area contributed by atoms with Crippen molar-refractivity contribution in [1.29, 1.82) is 0 Å². The predicted molar refractivity (Wildman–Crippen MR) is 31.4 cm³/mol. The van der Waals surface area contributed by atoms with Crippen LogP contribution in [0.2, 0.25) is 0 Å². The Kier molecular flexibility index (Phi) is 4.46. The zero-order valence-electron chi connectivity index (χ0n) is 7.09. The summed E-state index contributed by atoms with van der Waals surface area (Å²) < 4.78 is 118. The molecule has 0 bridgehead atoms. The number of rotatable bonds is 3. The van der Waals surface area contributed by atoms with Gasteiger partial charge in [-0.2, -0.15) is 26.3 Å². The van der Waals surface area contributed by atoms with Crippen LogP contribution in [0.3, 0.4) is 0 Å². The fourth-order valence-electron chi connectivity index (χ4n) is 0.869. The molecular weight excluding hydrogens is 262 g/mol. The summed E-state index contributed by atoms with van der Waals surface area (Å²) in [6.45, 7) is 0. The first-order chi connectivity index (χ1) is 6.89. The van der Waals surface area contributed by atoms with E-state index in [4.69, 9.17) is 0 Å². The highest BCUT2D eigenvalue weighted by Gasteiger charge is 2.63. The number of hydrogen-bond donors (Lipinski definition) is 0. The van der Waals surface area contributed by atoms with E-state index in [0.717, 1.165) is 0 Å². The summed E-state index contributed by atoms with van der Waals surface area (Å²) in [6, 6.07) is 0. The summed E-state index contributed by atoms with van der Waals surface area (Å²) in [7, 11) is 0. The van der Waals surface area contributed by atoms with Gasteiger partial charge in [-0.25, -0.2) is 17.6 Å². The largest absolute Gasteiger partial charge is 0.403 e. The molecular formula is C6H4F10. The van der Waals surface area contributed by atoms with Gasteiger partial charge in [-0.15, -0.1) is 0 Å². The molecule has 0 fully saturated rings.